The Morgan fingerprint density at radius 3 is 2.50 bits per heavy atom. The molecule has 2 unspecified atom stereocenters. The number of carbonyl (C=O) groups is 2. The molecular weight excluding hydrogens is 411 g/mol. The van der Waals surface area contributed by atoms with Gasteiger partial charge in [-0.3, -0.25) is 4.79 Å². The first-order valence-corrected chi connectivity index (χ1v) is 11.7. The second kappa shape index (κ2) is 11.6. The molecule has 178 valence electrons. The van der Waals surface area contributed by atoms with Crippen molar-refractivity contribution < 1.29 is 18.7 Å². The van der Waals surface area contributed by atoms with E-state index in [0.29, 0.717) is 32.7 Å². The Kier molecular flexibility index (Phi) is 8.87. The van der Waals surface area contributed by atoms with E-state index in [-0.39, 0.29) is 29.8 Å². The topological polar surface area (TPSA) is 79.1 Å². The van der Waals surface area contributed by atoms with Gasteiger partial charge in [-0.15, -0.1) is 0 Å². The van der Waals surface area contributed by atoms with Crippen molar-refractivity contribution in [1.29, 1.82) is 0 Å². The maximum Gasteiger partial charge on any atom is 0.320 e. The zero-order valence-electron chi connectivity index (χ0n) is 19.3. The molecule has 3 amide bonds. The lowest BCUT2D eigenvalue weighted by Gasteiger charge is -2.40. The van der Waals surface area contributed by atoms with Gasteiger partial charge in [-0.2, -0.15) is 0 Å². The molecule has 3 rings (SSSR count). The molecule has 7 nitrogen and oxygen atoms in total. The third kappa shape index (κ3) is 6.19. The first-order chi connectivity index (χ1) is 15.4. The van der Waals surface area contributed by atoms with Crippen molar-refractivity contribution in [2.45, 2.75) is 63.1 Å². The van der Waals surface area contributed by atoms with Gasteiger partial charge in [0.25, 0.3) is 0 Å². The van der Waals surface area contributed by atoms with Crippen LogP contribution in [0.4, 0.5) is 9.18 Å². The third-order valence-corrected chi connectivity index (χ3v) is 6.70. The summed E-state index contributed by atoms with van der Waals surface area (Å²) in [5.74, 6) is -0.417. The normalized spacial score (nSPS) is 20.2. The second-order valence-electron chi connectivity index (χ2n) is 9.06. The van der Waals surface area contributed by atoms with E-state index in [0.717, 1.165) is 37.7 Å². The number of methoxy groups -OCH3 is 1. The molecule has 0 bridgehead atoms. The molecule has 1 heterocycles. The Morgan fingerprint density at radius 2 is 1.84 bits per heavy atom. The van der Waals surface area contributed by atoms with Crippen molar-refractivity contribution in [1.82, 2.24) is 14.7 Å². The van der Waals surface area contributed by atoms with Crippen molar-refractivity contribution in [3.05, 3.63) is 35.6 Å². The first-order valence-electron chi connectivity index (χ1n) is 11.7. The number of hydrogen-bond acceptors (Lipinski definition) is 4. The van der Waals surface area contributed by atoms with E-state index in [1.165, 1.54) is 18.6 Å². The summed E-state index contributed by atoms with van der Waals surface area (Å²) in [5, 5.41) is 0. The monoisotopic (exact) mass is 448 g/mol. The molecule has 0 aromatic heterocycles. The van der Waals surface area contributed by atoms with Gasteiger partial charge in [0.2, 0.25) is 5.91 Å². The quantitative estimate of drug-likeness (QED) is 0.663. The van der Waals surface area contributed by atoms with Crippen LogP contribution < -0.4 is 5.73 Å². The molecule has 8 heteroatoms. The van der Waals surface area contributed by atoms with Crippen LogP contribution in [0.2, 0.25) is 0 Å². The van der Waals surface area contributed by atoms with Gasteiger partial charge in [-0.05, 0) is 43.4 Å². The zero-order valence-corrected chi connectivity index (χ0v) is 19.3. The molecule has 2 fully saturated rings. The summed E-state index contributed by atoms with van der Waals surface area (Å²) in [6, 6.07) is 5.64. The molecular formula is C24H37FN4O3. The van der Waals surface area contributed by atoms with Crippen molar-refractivity contribution in [3.63, 3.8) is 0 Å². The lowest BCUT2D eigenvalue weighted by atomic mass is 9.93. The minimum Gasteiger partial charge on any atom is -0.383 e. The summed E-state index contributed by atoms with van der Waals surface area (Å²) >= 11 is 0. The highest BCUT2D eigenvalue weighted by Crippen LogP contribution is 2.28. The fraction of sp³-hybridized carbons (Fsp3) is 0.667. The van der Waals surface area contributed by atoms with Gasteiger partial charge >= 0.3 is 6.03 Å². The highest BCUT2D eigenvalue weighted by molar-refractivity contribution is 5.82. The highest BCUT2D eigenvalue weighted by Gasteiger charge is 2.39. The van der Waals surface area contributed by atoms with Gasteiger partial charge < -0.3 is 25.2 Å². The summed E-state index contributed by atoms with van der Waals surface area (Å²) in [7, 11) is 3.44. The number of urea groups is 1. The van der Waals surface area contributed by atoms with Crippen LogP contribution in [0.5, 0.6) is 0 Å². The number of carbonyl (C=O) groups excluding carboxylic acids is 2. The summed E-state index contributed by atoms with van der Waals surface area (Å²) in [6.45, 7) is 2.14. The number of rotatable bonds is 8. The number of likely N-dealkylation sites (N-methyl/N-ethyl adjacent to an activating group) is 1. The van der Waals surface area contributed by atoms with Crippen molar-refractivity contribution >= 4 is 11.9 Å². The number of amides is 3. The Hall–Kier alpha value is -2.19. The summed E-state index contributed by atoms with van der Waals surface area (Å²) in [5.41, 5.74) is 7.04. The minimum atomic E-state index is -0.678. The van der Waals surface area contributed by atoms with Crippen LogP contribution in [0.3, 0.4) is 0 Å². The number of likely N-dealkylation sites (tertiary alicyclic amines) is 1. The van der Waals surface area contributed by atoms with Crippen LogP contribution in [-0.4, -0.2) is 85.2 Å². The standard InChI is InChI=1S/C24H37FN4O3/c1-27(14-15-32-2)24(31)29(20-6-4-3-5-7-20)21-12-13-28(17-21)23(30)22(26)16-18-8-10-19(25)11-9-18/h8-11,20-22H,3-7,12-17,26H2,1-2H3. The number of nitrogens with zero attached hydrogens (tertiary/aromatic N) is 3. The Morgan fingerprint density at radius 1 is 1.16 bits per heavy atom. The summed E-state index contributed by atoms with van der Waals surface area (Å²) in [6.07, 6.45) is 6.63. The van der Waals surface area contributed by atoms with E-state index < -0.39 is 6.04 Å². The fourth-order valence-corrected chi connectivity index (χ4v) is 4.86. The highest BCUT2D eigenvalue weighted by atomic mass is 19.1. The van der Waals surface area contributed by atoms with Gasteiger partial charge in [0, 0.05) is 39.8 Å². The maximum atomic E-state index is 13.4. The summed E-state index contributed by atoms with van der Waals surface area (Å²) < 4.78 is 18.3. The molecule has 0 radical (unpaired) electrons. The molecule has 1 aliphatic heterocycles. The third-order valence-electron chi connectivity index (χ3n) is 6.70. The van der Waals surface area contributed by atoms with Gasteiger partial charge in [0.1, 0.15) is 5.82 Å². The molecule has 1 aliphatic carbocycles. The van der Waals surface area contributed by atoms with Gasteiger partial charge in [0.05, 0.1) is 18.7 Å². The molecule has 0 spiro atoms. The lowest BCUT2D eigenvalue weighted by Crippen LogP contribution is -2.54. The largest absolute Gasteiger partial charge is 0.383 e. The number of halogens is 1. The van der Waals surface area contributed by atoms with E-state index in [1.54, 1.807) is 29.0 Å². The van der Waals surface area contributed by atoms with E-state index in [4.69, 9.17) is 10.5 Å². The van der Waals surface area contributed by atoms with Gasteiger partial charge in [0.15, 0.2) is 0 Å². The average Bonchev–Trinajstić information content (AvgIpc) is 3.28. The van der Waals surface area contributed by atoms with Crippen LogP contribution in [0.25, 0.3) is 0 Å². The predicted octanol–water partition coefficient (Wildman–Crippen LogP) is 2.63. The fourth-order valence-electron chi connectivity index (χ4n) is 4.86. The van der Waals surface area contributed by atoms with Crippen LogP contribution in [-0.2, 0) is 16.0 Å². The summed E-state index contributed by atoms with van der Waals surface area (Å²) in [4.78, 5) is 31.9. The molecule has 1 aromatic rings. The molecule has 2 N–H and O–H groups in total. The van der Waals surface area contributed by atoms with Crippen molar-refractivity contribution in [3.8, 4) is 0 Å². The Bertz CT molecular complexity index is 754. The minimum absolute atomic E-state index is 0.00225. The van der Waals surface area contributed by atoms with Crippen molar-refractivity contribution in [2.75, 3.05) is 40.4 Å². The molecule has 1 saturated carbocycles. The van der Waals surface area contributed by atoms with E-state index >= 15 is 0 Å². The van der Waals surface area contributed by atoms with Gasteiger partial charge in [-0.25, -0.2) is 9.18 Å². The van der Waals surface area contributed by atoms with Crippen LogP contribution >= 0.6 is 0 Å². The van der Waals surface area contributed by atoms with Crippen LogP contribution in [0.1, 0.15) is 44.1 Å². The van der Waals surface area contributed by atoms with Gasteiger partial charge in [-0.1, -0.05) is 31.4 Å². The molecule has 2 aliphatic rings. The number of nitrogens with two attached hydrogens (primary N) is 1. The van der Waals surface area contributed by atoms with E-state index in [2.05, 4.69) is 0 Å². The SMILES string of the molecule is COCCN(C)C(=O)N(C1CCCCC1)C1CCN(C(=O)C(N)Cc2ccc(F)cc2)C1. The zero-order chi connectivity index (χ0) is 23.1. The van der Waals surface area contributed by atoms with E-state index in [9.17, 15) is 14.0 Å². The molecule has 32 heavy (non-hydrogen) atoms. The Balaban J connectivity index is 1.64. The lowest BCUT2D eigenvalue weighted by molar-refractivity contribution is -0.131. The number of ether oxygens (including phenoxy) is 1. The smallest absolute Gasteiger partial charge is 0.320 e. The Labute approximate surface area is 190 Å². The number of benzene rings is 1. The number of hydrogen-bond donors (Lipinski definition) is 1. The predicted molar refractivity (Wildman–Crippen MR) is 122 cm³/mol. The molecule has 1 saturated heterocycles. The van der Waals surface area contributed by atoms with Crippen LogP contribution in [0.15, 0.2) is 24.3 Å². The second-order valence-corrected chi connectivity index (χ2v) is 9.06. The average molecular weight is 449 g/mol. The maximum absolute atomic E-state index is 13.4. The first kappa shape index (κ1) is 24.5. The molecule has 2 atom stereocenters. The van der Waals surface area contributed by atoms with Crippen LogP contribution in [0, 0.1) is 5.82 Å². The van der Waals surface area contributed by atoms with Crippen molar-refractivity contribution in [2.24, 2.45) is 5.73 Å². The molecule has 1 aromatic carbocycles. The van der Waals surface area contributed by atoms with E-state index in [1.807, 2.05) is 11.9 Å².